The van der Waals surface area contributed by atoms with Gasteiger partial charge in [0, 0.05) is 5.92 Å². The van der Waals surface area contributed by atoms with E-state index in [9.17, 15) is 0 Å². The molecule has 2 N–H and O–H groups in total. The maximum atomic E-state index is 5.93. The highest BCUT2D eigenvalue weighted by atomic mass is 32.1. The summed E-state index contributed by atoms with van der Waals surface area (Å²) in [6, 6.07) is 0. The largest absolute Gasteiger partial charge is 0.269 e. The van der Waals surface area contributed by atoms with Crippen LogP contribution in [0.15, 0.2) is 5.38 Å². The van der Waals surface area contributed by atoms with E-state index in [-0.39, 0.29) is 0 Å². The summed E-state index contributed by atoms with van der Waals surface area (Å²) in [7, 11) is 0. The van der Waals surface area contributed by atoms with Gasteiger partial charge < -0.3 is 0 Å². The summed E-state index contributed by atoms with van der Waals surface area (Å²) in [5.41, 5.74) is 1.23. The summed E-state index contributed by atoms with van der Waals surface area (Å²) in [4.78, 5) is 0. The van der Waals surface area contributed by atoms with Crippen molar-refractivity contribution in [3.05, 3.63) is 16.1 Å². The van der Waals surface area contributed by atoms with Crippen LogP contribution in [0.25, 0.3) is 0 Å². The summed E-state index contributed by atoms with van der Waals surface area (Å²) < 4.78 is 1.83. The number of thiazole rings is 1. The summed E-state index contributed by atoms with van der Waals surface area (Å²) >= 11 is 1.75. The van der Waals surface area contributed by atoms with Crippen molar-refractivity contribution in [3.63, 3.8) is 0 Å². The molecule has 68 valence electrons. The zero-order valence-corrected chi connectivity index (χ0v) is 8.98. The molecule has 0 radical (unpaired) electrons. The first-order chi connectivity index (χ1) is 5.54. The minimum absolute atomic E-state index is 0.513. The van der Waals surface area contributed by atoms with Gasteiger partial charge in [0.2, 0.25) is 5.69 Å². The summed E-state index contributed by atoms with van der Waals surface area (Å²) in [6.07, 6.45) is 0. The Hall–Kier alpha value is -0.570. The van der Waals surface area contributed by atoms with Gasteiger partial charge in [-0.1, -0.05) is 43.7 Å². The minimum atomic E-state index is 0.513. The summed E-state index contributed by atoms with van der Waals surface area (Å²) in [6.45, 7) is 8.66. The Kier molecular flexibility index (Phi) is 2.73. The van der Waals surface area contributed by atoms with E-state index < -0.39 is 0 Å². The van der Waals surface area contributed by atoms with Crippen molar-refractivity contribution >= 4 is 11.3 Å². The van der Waals surface area contributed by atoms with Gasteiger partial charge in [0.15, 0.2) is 0 Å². The van der Waals surface area contributed by atoms with E-state index >= 15 is 0 Å². The molecule has 3 heteroatoms. The highest BCUT2D eigenvalue weighted by molar-refractivity contribution is 7.09. The van der Waals surface area contributed by atoms with Crippen molar-refractivity contribution in [1.29, 1.82) is 0 Å². The highest BCUT2D eigenvalue weighted by Crippen LogP contribution is 2.20. The molecule has 1 aromatic rings. The van der Waals surface area contributed by atoms with Gasteiger partial charge in [0.05, 0.1) is 11.3 Å². The first-order valence-electron chi connectivity index (χ1n) is 4.32. The lowest BCUT2D eigenvalue weighted by Gasteiger charge is -1.98. The highest BCUT2D eigenvalue weighted by Gasteiger charge is 2.22. The average molecular weight is 185 g/mol. The number of nitrogens with zero attached hydrogens (tertiary/aromatic N) is 1. The Balaban J connectivity index is 3.04. The van der Waals surface area contributed by atoms with Gasteiger partial charge in [0.1, 0.15) is 0 Å². The standard InChI is InChI=1S/C9H17N2S/c1-6(2)8-5-12-9(7(3)4)11(8)10/h5-7H,10H2,1-4H3/q+1. The molecule has 0 aliphatic heterocycles. The van der Waals surface area contributed by atoms with Crippen LogP contribution in [0.2, 0.25) is 0 Å². The molecule has 0 fully saturated rings. The van der Waals surface area contributed by atoms with Gasteiger partial charge in [-0.15, -0.1) is 0 Å². The minimum Gasteiger partial charge on any atom is -0.204 e. The smallest absolute Gasteiger partial charge is 0.204 e. The van der Waals surface area contributed by atoms with Crippen molar-refractivity contribution in [2.75, 3.05) is 5.84 Å². The topological polar surface area (TPSA) is 29.9 Å². The molecular formula is C9H17N2S+. The van der Waals surface area contributed by atoms with E-state index in [1.807, 2.05) is 4.68 Å². The second-order valence-electron chi connectivity index (χ2n) is 3.68. The number of nitrogen functional groups attached to an aromatic ring is 1. The van der Waals surface area contributed by atoms with Gasteiger partial charge in [-0.2, -0.15) is 0 Å². The second-order valence-corrected chi connectivity index (χ2v) is 4.57. The molecule has 0 saturated carbocycles. The van der Waals surface area contributed by atoms with Crippen LogP contribution in [0, 0.1) is 0 Å². The number of hydrogen-bond acceptors (Lipinski definition) is 2. The monoisotopic (exact) mass is 185 g/mol. The van der Waals surface area contributed by atoms with Crippen LogP contribution in [0.3, 0.4) is 0 Å². The van der Waals surface area contributed by atoms with Gasteiger partial charge in [-0.3, -0.25) is 0 Å². The van der Waals surface area contributed by atoms with Crippen molar-refractivity contribution in [1.82, 2.24) is 0 Å². The van der Waals surface area contributed by atoms with Gasteiger partial charge >= 0.3 is 0 Å². The van der Waals surface area contributed by atoms with Crippen LogP contribution in [0.4, 0.5) is 0 Å². The fourth-order valence-corrected chi connectivity index (χ4v) is 2.31. The third-order valence-electron chi connectivity index (χ3n) is 1.90. The van der Waals surface area contributed by atoms with E-state index in [0.717, 1.165) is 0 Å². The van der Waals surface area contributed by atoms with Crippen LogP contribution >= 0.6 is 11.3 Å². The van der Waals surface area contributed by atoms with Crippen LogP contribution < -0.4 is 10.5 Å². The van der Waals surface area contributed by atoms with Crippen LogP contribution in [-0.4, -0.2) is 0 Å². The molecule has 1 heterocycles. The van der Waals surface area contributed by atoms with Crippen molar-refractivity contribution in [3.8, 4) is 0 Å². The SMILES string of the molecule is CC(C)c1csc(C(C)C)[n+]1N. The molecule has 12 heavy (non-hydrogen) atoms. The molecule has 2 nitrogen and oxygen atoms in total. The Morgan fingerprint density at radius 2 is 1.83 bits per heavy atom. The van der Waals surface area contributed by atoms with E-state index in [1.165, 1.54) is 10.7 Å². The molecule has 0 aromatic carbocycles. The average Bonchev–Trinajstić information content (AvgIpc) is 2.30. The Bertz CT molecular complexity index is 238. The molecule has 0 spiro atoms. The second kappa shape index (κ2) is 3.44. The summed E-state index contributed by atoms with van der Waals surface area (Å²) in [5, 5.41) is 3.40. The Morgan fingerprint density at radius 3 is 2.08 bits per heavy atom. The molecule has 0 bridgehead atoms. The molecule has 0 atom stereocenters. The maximum Gasteiger partial charge on any atom is 0.269 e. The molecule has 1 aromatic heterocycles. The van der Waals surface area contributed by atoms with Gasteiger partial charge in [0.25, 0.3) is 5.01 Å². The third kappa shape index (κ3) is 1.61. The van der Waals surface area contributed by atoms with Crippen LogP contribution in [0.5, 0.6) is 0 Å². The first-order valence-corrected chi connectivity index (χ1v) is 5.20. The van der Waals surface area contributed by atoms with E-state index in [2.05, 4.69) is 33.1 Å². The van der Waals surface area contributed by atoms with Crippen molar-refractivity contribution in [2.45, 2.75) is 39.5 Å². The summed E-state index contributed by atoms with van der Waals surface area (Å²) in [5.74, 6) is 6.97. The fraction of sp³-hybridized carbons (Fsp3) is 0.667. The Morgan fingerprint density at radius 1 is 1.25 bits per heavy atom. The quantitative estimate of drug-likeness (QED) is 0.554. The Labute approximate surface area is 78.0 Å². The lowest BCUT2D eigenvalue weighted by Crippen LogP contribution is -2.50. The number of hydrogen-bond donors (Lipinski definition) is 1. The molecule has 0 unspecified atom stereocenters. The van der Waals surface area contributed by atoms with E-state index in [1.54, 1.807) is 11.3 Å². The molecule has 0 saturated heterocycles. The van der Waals surface area contributed by atoms with Crippen molar-refractivity contribution in [2.24, 2.45) is 0 Å². The van der Waals surface area contributed by atoms with Gasteiger partial charge in [-0.25, -0.2) is 5.84 Å². The predicted octanol–water partition coefficient (Wildman–Crippen LogP) is 2.00. The maximum absolute atomic E-state index is 5.93. The van der Waals surface area contributed by atoms with E-state index in [4.69, 9.17) is 5.84 Å². The molecule has 0 aliphatic carbocycles. The first kappa shape index (κ1) is 9.52. The lowest BCUT2D eigenvalue weighted by atomic mass is 10.1. The zero-order valence-electron chi connectivity index (χ0n) is 8.16. The predicted molar refractivity (Wildman–Crippen MR) is 52.8 cm³/mol. The van der Waals surface area contributed by atoms with E-state index in [0.29, 0.717) is 11.8 Å². The van der Waals surface area contributed by atoms with Gasteiger partial charge in [-0.05, 0) is 0 Å². The fourth-order valence-electron chi connectivity index (χ4n) is 1.19. The van der Waals surface area contributed by atoms with Crippen molar-refractivity contribution < 1.29 is 4.68 Å². The molecule has 0 aliphatic rings. The van der Waals surface area contributed by atoms with Crippen LogP contribution in [0.1, 0.15) is 50.2 Å². The number of rotatable bonds is 2. The molecule has 1 rings (SSSR count). The van der Waals surface area contributed by atoms with Crippen LogP contribution in [-0.2, 0) is 0 Å². The molecule has 0 amide bonds. The molecular weight excluding hydrogens is 168 g/mol. The number of nitrogens with two attached hydrogens (primary N) is 1. The third-order valence-corrected chi connectivity index (χ3v) is 3.17. The number of aromatic nitrogens is 1. The normalized spacial score (nSPS) is 11.5. The zero-order chi connectivity index (χ0) is 9.30. The lowest BCUT2D eigenvalue weighted by molar-refractivity contribution is -0.651.